The molecule has 1 fully saturated rings. The second kappa shape index (κ2) is 7.73. The van der Waals surface area contributed by atoms with Crippen LogP contribution in [-0.4, -0.2) is 46.2 Å². The fourth-order valence-electron chi connectivity index (χ4n) is 2.71. The summed E-state index contributed by atoms with van der Waals surface area (Å²) in [5, 5.41) is 3.50. The van der Waals surface area contributed by atoms with Gasteiger partial charge in [-0.05, 0) is 46.5 Å². The Hall–Kier alpha value is -1.69. The smallest absolute Gasteiger partial charge is 0.410 e. The summed E-state index contributed by atoms with van der Waals surface area (Å²) in [4.78, 5) is 22.4. The molecule has 1 aromatic rings. The van der Waals surface area contributed by atoms with Gasteiger partial charge in [-0.1, -0.05) is 0 Å². The van der Waals surface area contributed by atoms with E-state index in [2.05, 4.69) is 22.2 Å². The first-order valence-corrected chi connectivity index (χ1v) is 8.32. The standard InChI is InChI=1S/C17H28N4O2/c1-13(15-11-18-7-8-19-15)20-10-14-6-5-9-21(12-14)16(22)23-17(2,3)4/h7-8,11,13-14,20H,5-6,9-10,12H2,1-4H3. The van der Waals surface area contributed by atoms with Gasteiger partial charge in [0, 0.05) is 44.3 Å². The predicted octanol–water partition coefficient (Wildman–Crippen LogP) is 2.77. The lowest BCUT2D eigenvalue weighted by molar-refractivity contribution is 0.0165. The molecule has 0 saturated carbocycles. The van der Waals surface area contributed by atoms with Crippen LogP contribution in [0.15, 0.2) is 18.6 Å². The molecule has 2 heterocycles. The Morgan fingerprint density at radius 3 is 2.91 bits per heavy atom. The van der Waals surface area contributed by atoms with E-state index < -0.39 is 5.60 Å². The molecule has 128 valence electrons. The summed E-state index contributed by atoms with van der Waals surface area (Å²) in [6.45, 7) is 10.2. The third-order valence-electron chi connectivity index (χ3n) is 3.91. The van der Waals surface area contributed by atoms with Crippen molar-refractivity contribution in [3.8, 4) is 0 Å². The maximum atomic E-state index is 12.2. The first-order valence-electron chi connectivity index (χ1n) is 8.32. The molecule has 0 radical (unpaired) electrons. The monoisotopic (exact) mass is 320 g/mol. The van der Waals surface area contributed by atoms with E-state index in [9.17, 15) is 4.79 Å². The Kier molecular flexibility index (Phi) is 5.93. The molecule has 2 rings (SSSR count). The summed E-state index contributed by atoms with van der Waals surface area (Å²) in [5.74, 6) is 0.440. The number of nitrogens with one attached hydrogen (secondary N) is 1. The van der Waals surface area contributed by atoms with Crippen molar-refractivity contribution in [2.75, 3.05) is 19.6 Å². The van der Waals surface area contributed by atoms with Crippen molar-refractivity contribution in [3.63, 3.8) is 0 Å². The Bertz CT molecular complexity index is 501. The third-order valence-corrected chi connectivity index (χ3v) is 3.91. The van der Waals surface area contributed by atoms with Gasteiger partial charge in [0.2, 0.25) is 0 Å². The molecule has 1 N–H and O–H groups in total. The summed E-state index contributed by atoms with van der Waals surface area (Å²) in [7, 11) is 0. The molecule has 23 heavy (non-hydrogen) atoms. The Morgan fingerprint density at radius 2 is 2.26 bits per heavy atom. The van der Waals surface area contributed by atoms with Crippen LogP contribution in [0.5, 0.6) is 0 Å². The van der Waals surface area contributed by atoms with Crippen molar-refractivity contribution in [2.24, 2.45) is 5.92 Å². The zero-order valence-corrected chi connectivity index (χ0v) is 14.6. The van der Waals surface area contributed by atoms with Crippen molar-refractivity contribution in [3.05, 3.63) is 24.3 Å². The van der Waals surface area contributed by atoms with Crippen molar-refractivity contribution in [1.29, 1.82) is 0 Å². The van der Waals surface area contributed by atoms with E-state index in [0.717, 1.165) is 38.2 Å². The minimum Gasteiger partial charge on any atom is -0.444 e. The fourth-order valence-corrected chi connectivity index (χ4v) is 2.71. The maximum absolute atomic E-state index is 12.2. The molecule has 0 spiro atoms. The Labute approximate surface area is 138 Å². The van der Waals surface area contributed by atoms with Gasteiger partial charge in [-0.25, -0.2) is 4.79 Å². The number of carbonyl (C=O) groups is 1. The quantitative estimate of drug-likeness (QED) is 0.924. The summed E-state index contributed by atoms with van der Waals surface area (Å²) in [6, 6.07) is 0.153. The van der Waals surface area contributed by atoms with Gasteiger partial charge in [0.25, 0.3) is 0 Å². The number of piperidine rings is 1. The van der Waals surface area contributed by atoms with Gasteiger partial charge in [0.15, 0.2) is 0 Å². The van der Waals surface area contributed by atoms with E-state index in [1.54, 1.807) is 18.6 Å². The zero-order valence-electron chi connectivity index (χ0n) is 14.6. The largest absolute Gasteiger partial charge is 0.444 e. The number of hydrogen-bond donors (Lipinski definition) is 1. The van der Waals surface area contributed by atoms with Gasteiger partial charge < -0.3 is 15.0 Å². The van der Waals surface area contributed by atoms with E-state index >= 15 is 0 Å². The Morgan fingerprint density at radius 1 is 1.48 bits per heavy atom. The molecule has 6 nitrogen and oxygen atoms in total. The molecule has 1 saturated heterocycles. The molecule has 0 aliphatic carbocycles. The van der Waals surface area contributed by atoms with Crippen LogP contribution in [0.4, 0.5) is 4.79 Å². The molecular weight excluding hydrogens is 292 g/mol. The first kappa shape index (κ1) is 17.7. The van der Waals surface area contributed by atoms with Gasteiger partial charge in [-0.2, -0.15) is 0 Å². The molecule has 0 bridgehead atoms. The van der Waals surface area contributed by atoms with Gasteiger partial charge in [0.05, 0.1) is 5.69 Å². The van der Waals surface area contributed by atoms with E-state index in [1.165, 1.54) is 0 Å². The second-order valence-corrected chi connectivity index (χ2v) is 7.19. The summed E-state index contributed by atoms with van der Waals surface area (Å²) < 4.78 is 5.47. The summed E-state index contributed by atoms with van der Waals surface area (Å²) in [6.07, 6.45) is 7.11. The van der Waals surface area contributed by atoms with Gasteiger partial charge in [-0.3, -0.25) is 9.97 Å². The first-order chi connectivity index (χ1) is 10.8. The van der Waals surface area contributed by atoms with E-state index in [0.29, 0.717) is 5.92 Å². The lowest BCUT2D eigenvalue weighted by atomic mass is 9.98. The summed E-state index contributed by atoms with van der Waals surface area (Å²) in [5.41, 5.74) is 0.496. The van der Waals surface area contributed by atoms with Crippen LogP contribution in [0.3, 0.4) is 0 Å². The number of aromatic nitrogens is 2. The second-order valence-electron chi connectivity index (χ2n) is 7.19. The molecule has 2 unspecified atom stereocenters. The van der Waals surface area contributed by atoms with Crippen molar-refractivity contribution in [1.82, 2.24) is 20.2 Å². The number of rotatable bonds is 4. The molecule has 1 aliphatic rings. The topological polar surface area (TPSA) is 67.4 Å². The van der Waals surface area contributed by atoms with Crippen molar-refractivity contribution >= 4 is 6.09 Å². The molecule has 1 amide bonds. The number of likely N-dealkylation sites (tertiary alicyclic amines) is 1. The molecule has 6 heteroatoms. The normalized spacial score (nSPS) is 20.2. The molecule has 1 aromatic heterocycles. The highest BCUT2D eigenvalue weighted by atomic mass is 16.6. The van der Waals surface area contributed by atoms with E-state index in [4.69, 9.17) is 4.74 Å². The number of carbonyl (C=O) groups excluding carboxylic acids is 1. The fraction of sp³-hybridized carbons (Fsp3) is 0.706. The molecule has 0 aromatic carbocycles. The number of nitrogens with zero attached hydrogens (tertiary/aromatic N) is 3. The highest BCUT2D eigenvalue weighted by molar-refractivity contribution is 5.68. The Balaban J connectivity index is 1.81. The molecular formula is C17H28N4O2. The lowest BCUT2D eigenvalue weighted by Crippen LogP contribution is -2.45. The average molecular weight is 320 g/mol. The molecule has 2 atom stereocenters. The van der Waals surface area contributed by atoms with Gasteiger partial charge in [-0.15, -0.1) is 0 Å². The van der Waals surface area contributed by atoms with Crippen LogP contribution in [0, 0.1) is 5.92 Å². The van der Waals surface area contributed by atoms with Crippen LogP contribution in [-0.2, 0) is 4.74 Å². The lowest BCUT2D eigenvalue weighted by Gasteiger charge is -2.34. The van der Waals surface area contributed by atoms with Crippen molar-refractivity contribution in [2.45, 2.75) is 52.2 Å². The number of ether oxygens (including phenoxy) is 1. The minimum atomic E-state index is -0.442. The summed E-state index contributed by atoms with van der Waals surface area (Å²) >= 11 is 0. The average Bonchev–Trinajstić information content (AvgIpc) is 2.52. The maximum Gasteiger partial charge on any atom is 0.410 e. The minimum absolute atomic E-state index is 0.153. The van der Waals surface area contributed by atoms with Gasteiger partial charge >= 0.3 is 6.09 Å². The SMILES string of the molecule is CC(NCC1CCCN(C(=O)OC(C)(C)C)C1)c1cnccn1. The van der Waals surface area contributed by atoms with E-state index in [1.807, 2.05) is 25.7 Å². The molecule has 1 aliphatic heterocycles. The van der Waals surface area contributed by atoms with Crippen LogP contribution in [0.2, 0.25) is 0 Å². The third kappa shape index (κ3) is 5.78. The van der Waals surface area contributed by atoms with Gasteiger partial charge in [0.1, 0.15) is 5.60 Å². The van der Waals surface area contributed by atoms with Crippen LogP contribution < -0.4 is 5.32 Å². The van der Waals surface area contributed by atoms with E-state index in [-0.39, 0.29) is 12.1 Å². The highest BCUT2D eigenvalue weighted by Gasteiger charge is 2.27. The van der Waals surface area contributed by atoms with Crippen LogP contribution >= 0.6 is 0 Å². The highest BCUT2D eigenvalue weighted by Crippen LogP contribution is 2.19. The van der Waals surface area contributed by atoms with Crippen LogP contribution in [0.25, 0.3) is 0 Å². The van der Waals surface area contributed by atoms with Crippen LogP contribution in [0.1, 0.15) is 52.3 Å². The predicted molar refractivity (Wildman–Crippen MR) is 89.0 cm³/mol. The number of hydrogen-bond acceptors (Lipinski definition) is 5. The number of amides is 1. The zero-order chi connectivity index (χ0) is 16.9. The van der Waals surface area contributed by atoms with Crippen molar-refractivity contribution < 1.29 is 9.53 Å².